The van der Waals surface area contributed by atoms with E-state index in [-0.39, 0.29) is 23.1 Å². The van der Waals surface area contributed by atoms with Crippen molar-refractivity contribution in [3.8, 4) is 5.69 Å². The van der Waals surface area contributed by atoms with Crippen molar-refractivity contribution in [1.82, 2.24) is 14.9 Å². The van der Waals surface area contributed by atoms with Gasteiger partial charge in [-0.05, 0) is 49.8 Å². The van der Waals surface area contributed by atoms with Gasteiger partial charge in [-0.3, -0.25) is 9.36 Å². The van der Waals surface area contributed by atoms with Crippen molar-refractivity contribution in [2.24, 2.45) is 5.92 Å². The molecule has 31 heavy (non-hydrogen) atoms. The number of rotatable bonds is 5. The lowest BCUT2D eigenvalue weighted by atomic mass is 9.79. The van der Waals surface area contributed by atoms with E-state index in [2.05, 4.69) is 33.2 Å². The first-order valence-corrected chi connectivity index (χ1v) is 11.6. The van der Waals surface area contributed by atoms with E-state index in [1.807, 2.05) is 6.92 Å². The number of aliphatic hydroxyl groups is 1. The van der Waals surface area contributed by atoms with Crippen LogP contribution in [0, 0.1) is 11.7 Å². The number of imidazole rings is 1. The molecule has 1 aliphatic carbocycles. The molecule has 0 saturated heterocycles. The Balaban J connectivity index is 0.00000107. The molecule has 1 aliphatic rings. The number of aryl methyl sites for hydroxylation is 1. The Labute approximate surface area is 197 Å². The summed E-state index contributed by atoms with van der Waals surface area (Å²) in [6.07, 6.45) is 3.65. The van der Waals surface area contributed by atoms with Gasteiger partial charge in [0.05, 0.1) is 11.3 Å². The molecule has 2 aromatic rings. The summed E-state index contributed by atoms with van der Waals surface area (Å²) in [6.45, 7) is 4.17. The molecule has 0 aliphatic heterocycles. The monoisotopic (exact) mass is 535 g/mol. The van der Waals surface area contributed by atoms with Gasteiger partial charge in [-0.15, -0.1) is 0 Å². The van der Waals surface area contributed by atoms with Gasteiger partial charge in [-0.1, -0.05) is 41.4 Å². The van der Waals surface area contributed by atoms with Crippen molar-refractivity contribution in [2.45, 2.75) is 51.6 Å². The highest BCUT2D eigenvalue weighted by Crippen LogP contribution is 2.32. The molecule has 1 amide bonds. The number of halogens is 3. The first-order valence-electron chi connectivity index (χ1n) is 9.80. The Morgan fingerprint density at radius 1 is 1.42 bits per heavy atom. The molecule has 0 atom stereocenters. The van der Waals surface area contributed by atoms with E-state index in [1.54, 1.807) is 12.1 Å². The highest BCUT2D eigenvalue weighted by molar-refractivity contribution is 9.10. The van der Waals surface area contributed by atoms with Crippen LogP contribution < -0.4 is 5.32 Å². The number of hydrogen-bond acceptors (Lipinski definition) is 5. The van der Waals surface area contributed by atoms with Crippen molar-refractivity contribution < 1.29 is 22.7 Å². The molecule has 0 unspecified atom stereocenters. The number of nitrogens with zero attached hydrogens (tertiary/aromatic N) is 2. The van der Waals surface area contributed by atoms with Crippen LogP contribution in [-0.4, -0.2) is 41.1 Å². The van der Waals surface area contributed by atoms with E-state index < -0.39 is 28.9 Å². The second-order valence-corrected chi connectivity index (χ2v) is 9.02. The maximum absolute atomic E-state index is 14.4. The van der Waals surface area contributed by atoms with Gasteiger partial charge in [-0.2, -0.15) is 8.42 Å². The average Bonchev–Trinajstić information content (AvgIpc) is 3.06. The van der Waals surface area contributed by atoms with Gasteiger partial charge in [0.15, 0.2) is 5.69 Å². The van der Waals surface area contributed by atoms with Crippen LogP contribution in [0.1, 0.15) is 55.8 Å². The minimum Gasteiger partial charge on any atom is -0.388 e. The molecule has 3 rings (SSSR count). The normalized spacial score (nSPS) is 20.5. The largest absolute Gasteiger partial charge is 0.388 e. The fourth-order valence-electron chi connectivity index (χ4n) is 3.54. The van der Waals surface area contributed by atoms with Crippen molar-refractivity contribution >= 4 is 45.0 Å². The summed E-state index contributed by atoms with van der Waals surface area (Å²) in [7, 11) is 0. The molecular weight excluding hydrogens is 513 g/mol. The second-order valence-electron chi connectivity index (χ2n) is 7.61. The van der Waals surface area contributed by atoms with Crippen LogP contribution in [0.15, 0.2) is 22.7 Å². The van der Waals surface area contributed by atoms with E-state index in [0.29, 0.717) is 35.5 Å². The van der Waals surface area contributed by atoms with Gasteiger partial charge in [0.1, 0.15) is 16.8 Å². The van der Waals surface area contributed by atoms with Gasteiger partial charge in [0.25, 0.3) is 5.91 Å². The van der Waals surface area contributed by atoms with E-state index in [1.165, 1.54) is 10.6 Å². The van der Waals surface area contributed by atoms with E-state index in [9.17, 15) is 14.3 Å². The summed E-state index contributed by atoms with van der Waals surface area (Å²) in [6, 6.07) is 4.62. The summed E-state index contributed by atoms with van der Waals surface area (Å²) in [4.78, 5) is 17.0. The van der Waals surface area contributed by atoms with E-state index in [4.69, 9.17) is 20.0 Å². The van der Waals surface area contributed by atoms with E-state index in [0.717, 1.165) is 12.8 Å². The lowest BCUT2D eigenvalue weighted by molar-refractivity contribution is -0.00543. The summed E-state index contributed by atoms with van der Waals surface area (Å²) in [5.41, 5.74) is -0.632. The Kier molecular flexibility index (Phi) is 9.35. The van der Waals surface area contributed by atoms with Gasteiger partial charge in [-0.25, -0.2) is 9.37 Å². The fourth-order valence-corrected chi connectivity index (χ4v) is 4.19. The number of hydrogen-bond donors (Lipinski definition) is 2. The quantitative estimate of drug-likeness (QED) is 0.602. The fraction of sp³-hybridized carbons (Fsp3) is 0.500. The SMILES string of the molecule is CCc1nc(C(=O)NCC2(O)CCC(C)CC2)c(Cl)n1-c1ccc(Br)cc1F.O=S=O. The third-order valence-corrected chi connectivity index (χ3v) is 6.20. The summed E-state index contributed by atoms with van der Waals surface area (Å²) >= 11 is 8.91. The van der Waals surface area contributed by atoms with Crippen LogP contribution in [-0.2, 0) is 18.0 Å². The lowest BCUT2D eigenvalue weighted by Gasteiger charge is -2.34. The second kappa shape index (κ2) is 11.3. The first kappa shape index (κ1) is 25.6. The molecule has 1 heterocycles. The third-order valence-electron chi connectivity index (χ3n) is 5.36. The maximum Gasteiger partial charge on any atom is 0.335 e. The van der Waals surface area contributed by atoms with Gasteiger partial charge in [0.2, 0.25) is 0 Å². The maximum atomic E-state index is 14.4. The minimum atomic E-state index is -0.900. The van der Waals surface area contributed by atoms with Gasteiger partial charge < -0.3 is 10.4 Å². The van der Waals surface area contributed by atoms with Crippen molar-refractivity contribution in [2.75, 3.05) is 6.54 Å². The molecule has 1 aromatic carbocycles. The molecule has 0 spiro atoms. The number of nitrogens with one attached hydrogen (secondary N) is 1. The Hall–Kier alpha value is -1.62. The van der Waals surface area contributed by atoms with Crippen molar-refractivity contribution in [3.05, 3.63) is 45.2 Å². The van der Waals surface area contributed by atoms with Crippen LogP contribution in [0.25, 0.3) is 5.69 Å². The lowest BCUT2D eigenvalue weighted by Crippen LogP contribution is -2.45. The highest BCUT2D eigenvalue weighted by atomic mass is 79.9. The van der Waals surface area contributed by atoms with Crippen LogP contribution >= 0.6 is 27.5 Å². The zero-order chi connectivity index (χ0) is 23.2. The van der Waals surface area contributed by atoms with Crippen molar-refractivity contribution in [1.29, 1.82) is 0 Å². The average molecular weight is 537 g/mol. The Morgan fingerprint density at radius 3 is 2.58 bits per heavy atom. The van der Waals surface area contributed by atoms with Gasteiger partial charge in [0, 0.05) is 17.4 Å². The smallest absolute Gasteiger partial charge is 0.335 e. The molecule has 1 aromatic heterocycles. The van der Waals surface area contributed by atoms with Crippen LogP contribution in [0.5, 0.6) is 0 Å². The summed E-state index contributed by atoms with van der Waals surface area (Å²) in [5.74, 6) is 0.139. The zero-order valence-electron chi connectivity index (χ0n) is 17.2. The molecule has 0 bridgehead atoms. The number of carbonyl (C=O) groups is 1. The van der Waals surface area contributed by atoms with Crippen LogP contribution in [0.4, 0.5) is 4.39 Å². The Bertz CT molecular complexity index is 974. The number of aromatic nitrogens is 2. The standard InChI is InChI=1S/C20H24BrClFN3O2.O2S/c1-3-16-25-17(18(22)26(16)15-5-4-13(21)10-14(15)23)19(27)24-11-20(28)8-6-12(2)7-9-20;1-3-2/h4-5,10,12,28H,3,6-9,11H2,1-2H3,(H,24,27);. The molecular formula is C20H24BrClFN3O4S. The molecule has 1 saturated carbocycles. The molecule has 170 valence electrons. The summed E-state index contributed by atoms with van der Waals surface area (Å²) in [5, 5.41) is 13.5. The molecule has 2 N–H and O–H groups in total. The van der Waals surface area contributed by atoms with Crippen LogP contribution in [0.2, 0.25) is 5.15 Å². The molecule has 0 radical (unpaired) electrons. The third kappa shape index (κ3) is 6.44. The Morgan fingerprint density at radius 2 is 2.03 bits per heavy atom. The molecule has 1 fully saturated rings. The first-order chi connectivity index (χ1) is 14.7. The van der Waals surface area contributed by atoms with Crippen molar-refractivity contribution in [3.63, 3.8) is 0 Å². The van der Waals surface area contributed by atoms with Crippen LogP contribution in [0.3, 0.4) is 0 Å². The summed E-state index contributed by atoms with van der Waals surface area (Å²) < 4.78 is 33.1. The number of amides is 1. The van der Waals surface area contributed by atoms with Gasteiger partial charge >= 0.3 is 11.6 Å². The number of carbonyl (C=O) groups excluding carboxylic acids is 1. The predicted molar refractivity (Wildman–Crippen MR) is 119 cm³/mol. The molecule has 11 heteroatoms. The topological polar surface area (TPSA) is 101 Å². The predicted octanol–water partition coefficient (Wildman–Crippen LogP) is 3.99. The molecule has 7 nitrogen and oxygen atoms in total. The zero-order valence-corrected chi connectivity index (χ0v) is 20.3. The van der Waals surface area contributed by atoms with E-state index >= 15 is 0 Å². The minimum absolute atomic E-state index is 0.0358. The highest BCUT2D eigenvalue weighted by Gasteiger charge is 2.33. The number of benzene rings is 1.